The van der Waals surface area contributed by atoms with Gasteiger partial charge in [0.15, 0.2) is 5.82 Å². The van der Waals surface area contributed by atoms with E-state index in [1.165, 1.54) is 22.6 Å². The number of halogens is 4. The lowest BCUT2D eigenvalue weighted by Crippen LogP contribution is -2.02. The van der Waals surface area contributed by atoms with Crippen LogP contribution in [0, 0.1) is 9.52 Å². The van der Waals surface area contributed by atoms with Crippen LogP contribution in [0.3, 0.4) is 0 Å². The van der Waals surface area contributed by atoms with Crippen LogP contribution in [-0.2, 0) is 0 Å². The molecule has 0 atom stereocenters. The highest BCUT2D eigenvalue weighted by Gasteiger charge is 2.19. The number of hydrogen-bond acceptors (Lipinski definition) is 2. The van der Waals surface area contributed by atoms with Gasteiger partial charge in [0.1, 0.15) is 3.70 Å². The van der Waals surface area contributed by atoms with Crippen LogP contribution < -0.4 is 5.73 Å². The predicted octanol–water partition coefficient (Wildman–Crippen LogP) is 2.35. The molecule has 0 aliphatic heterocycles. The van der Waals surface area contributed by atoms with Gasteiger partial charge in [-0.2, -0.15) is 0 Å². The van der Waals surface area contributed by atoms with E-state index in [1.807, 2.05) is 0 Å². The van der Waals surface area contributed by atoms with Gasteiger partial charge < -0.3 is 5.73 Å². The van der Waals surface area contributed by atoms with E-state index in [9.17, 15) is 13.2 Å². The standard InChI is InChI=1S/C6H4F3IN2/c7-4-2(11)1-12-6(10)3(4)5(8)9/h1,5H,11H2. The maximum Gasteiger partial charge on any atom is 0.269 e. The molecule has 1 rings (SSSR count). The summed E-state index contributed by atoms with van der Waals surface area (Å²) >= 11 is 1.53. The number of anilines is 1. The van der Waals surface area contributed by atoms with Crippen molar-refractivity contribution in [3.8, 4) is 0 Å². The average Bonchev–Trinajstić information content (AvgIpc) is 1.97. The van der Waals surface area contributed by atoms with E-state index in [0.29, 0.717) is 0 Å². The molecule has 0 saturated carbocycles. The Labute approximate surface area is 80.1 Å². The Balaban J connectivity index is 3.33. The lowest BCUT2D eigenvalue weighted by molar-refractivity contribution is 0.145. The largest absolute Gasteiger partial charge is 0.395 e. The quantitative estimate of drug-likeness (QED) is 0.636. The van der Waals surface area contributed by atoms with Crippen molar-refractivity contribution < 1.29 is 13.2 Å². The van der Waals surface area contributed by atoms with Crippen LogP contribution in [0.1, 0.15) is 12.0 Å². The lowest BCUT2D eigenvalue weighted by Gasteiger charge is -2.05. The molecule has 66 valence electrons. The number of hydrogen-bond donors (Lipinski definition) is 1. The van der Waals surface area contributed by atoms with Gasteiger partial charge in [0.2, 0.25) is 0 Å². The molecule has 12 heavy (non-hydrogen) atoms. The third-order valence-electron chi connectivity index (χ3n) is 1.25. The number of nitrogens with zero attached hydrogens (tertiary/aromatic N) is 1. The third-order valence-corrected chi connectivity index (χ3v) is 2.11. The molecule has 0 fully saturated rings. The summed E-state index contributed by atoms with van der Waals surface area (Å²) in [5, 5.41) is 0. The highest BCUT2D eigenvalue weighted by Crippen LogP contribution is 2.28. The van der Waals surface area contributed by atoms with Gasteiger partial charge in [0.05, 0.1) is 17.4 Å². The molecule has 0 unspecified atom stereocenters. The molecule has 0 radical (unpaired) electrons. The fourth-order valence-corrected chi connectivity index (χ4v) is 1.30. The summed E-state index contributed by atoms with van der Waals surface area (Å²) in [6.45, 7) is 0. The second-order valence-electron chi connectivity index (χ2n) is 2.03. The maximum atomic E-state index is 12.9. The lowest BCUT2D eigenvalue weighted by atomic mass is 10.2. The zero-order valence-electron chi connectivity index (χ0n) is 5.69. The summed E-state index contributed by atoms with van der Waals surface area (Å²) in [5.74, 6) is -1.08. The summed E-state index contributed by atoms with van der Waals surface area (Å²) in [4.78, 5) is 3.50. The second kappa shape index (κ2) is 3.46. The average molecular weight is 288 g/mol. The Morgan fingerprint density at radius 2 is 2.08 bits per heavy atom. The van der Waals surface area contributed by atoms with Crippen LogP contribution in [-0.4, -0.2) is 4.98 Å². The minimum atomic E-state index is -2.88. The van der Waals surface area contributed by atoms with Crippen LogP contribution in [0.5, 0.6) is 0 Å². The van der Waals surface area contributed by atoms with Gasteiger partial charge in [-0.3, -0.25) is 0 Å². The SMILES string of the molecule is Nc1cnc(I)c(C(F)F)c1F. The Morgan fingerprint density at radius 3 is 2.50 bits per heavy atom. The van der Waals surface area contributed by atoms with Gasteiger partial charge >= 0.3 is 0 Å². The molecule has 0 saturated heterocycles. The molecule has 2 N–H and O–H groups in total. The van der Waals surface area contributed by atoms with E-state index in [-0.39, 0.29) is 9.39 Å². The summed E-state index contributed by atoms with van der Waals surface area (Å²) in [6.07, 6.45) is -1.86. The third kappa shape index (κ3) is 1.62. The molecule has 2 nitrogen and oxygen atoms in total. The molecule has 0 aromatic carbocycles. The molecule has 0 bridgehead atoms. The first kappa shape index (κ1) is 9.56. The molecule has 0 amide bonds. The van der Waals surface area contributed by atoms with Crippen molar-refractivity contribution in [1.82, 2.24) is 4.98 Å². The number of nitrogen functional groups attached to an aromatic ring is 1. The van der Waals surface area contributed by atoms with Crippen LogP contribution in [0.25, 0.3) is 0 Å². The van der Waals surface area contributed by atoms with Crippen LogP contribution in [0.2, 0.25) is 0 Å². The number of aromatic nitrogens is 1. The number of pyridine rings is 1. The van der Waals surface area contributed by atoms with Gasteiger partial charge in [0.25, 0.3) is 6.43 Å². The smallest absolute Gasteiger partial charge is 0.269 e. The zero-order chi connectivity index (χ0) is 9.30. The molecule has 0 spiro atoms. The maximum absolute atomic E-state index is 12.9. The number of rotatable bonds is 1. The number of alkyl halides is 2. The Bertz CT molecular complexity index is 303. The van der Waals surface area contributed by atoms with Crippen molar-refractivity contribution >= 4 is 28.3 Å². The van der Waals surface area contributed by atoms with E-state index in [4.69, 9.17) is 5.73 Å². The van der Waals surface area contributed by atoms with E-state index < -0.39 is 17.8 Å². The Kier molecular flexibility index (Phi) is 2.76. The molecule has 0 aliphatic carbocycles. The van der Waals surface area contributed by atoms with Crippen LogP contribution in [0.15, 0.2) is 6.20 Å². The summed E-state index contributed by atoms with van der Waals surface area (Å²) in [7, 11) is 0. The Hall–Kier alpha value is -0.530. The van der Waals surface area contributed by atoms with Gasteiger partial charge in [-0.25, -0.2) is 18.2 Å². The summed E-state index contributed by atoms with van der Waals surface area (Å²) < 4.78 is 37.1. The Morgan fingerprint density at radius 1 is 1.50 bits per heavy atom. The fraction of sp³-hybridized carbons (Fsp3) is 0.167. The molecule has 1 aromatic rings. The van der Waals surface area contributed by atoms with Crippen molar-refractivity contribution in [3.05, 3.63) is 21.3 Å². The zero-order valence-corrected chi connectivity index (χ0v) is 7.85. The molecule has 6 heteroatoms. The predicted molar refractivity (Wildman–Crippen MR) is 46.3 cm³/mol. The van der Waals surface area contributed by atoms with E-state index in [1.54, 1.807) is 0 Å². The van der Waals surface area contributed by atoms with Crippen molar-refractivity contribution in [2.24, 2.45) is 0 Å². The van der Waals surface area contributed by atoms with E-state index >= 15 is 0 Å². The van der Waals surface area contributed by atoms with E-state index in [2.05, 4.69) is 4.98 Å². The fourth-order valence-electron chi connectivity index (χ4n) is 0.684. The summed E-state index contributed by atoms with van der Waals surface area (Å²) in [6, 6.07) is 0. The van der Waals surface area contributed by atoms with Crippen LogP contribution in [0.4, 0.5) is 18.9 Å². The minimum absolute atomic E-state index is 0.0608. The van der Waals surface area contributed by atoms with Crippen molar-refractivity contribution in [1.29, 1.82) is 0 Å². The molecule has 1 aromatic heterocycles. The second-order valence-corrected chi connectivity index (χ2v) is 3.05. The van der Waals surface area contributed by atoms with Crippen molar-refractivity contribution in [2.75, 3.05) is 5.73 Å². The van der Waals surface area contributed by atoms with Gasteiger partial charge in [-0.1, -0.05) is 0 Å². The first-order valence-corrected chi connectivity index (χ1v) is 3.99. The first-order chi connectivity index (χ1) is 5.54. The molecular formula is C6H4F3IN2. The molecule has 0 aliphatic rings. The summed E-state index contributed by atoms with van der Waals surface area (Å²) in [5.41, 5.74) is 3.97. The molecular weight excluding hydrogens is 284 g/mol. The minimum Gasteiger partial charge on any atom is -0.395 e. The van der Waals surface area contributed by atoms with Crippen LogP contribution >= 0.6 is 22.6 Å². The first-order valence-electron chi connectivity index (χ1n) is 2.91. The van der Waals surface area contributed by atoms with Crippen molar-refractivity contribution in [2.45, 2.75) is 6.43 Å². The van der Waals surface area contributed by atoms with Gasteiger partial charge in [-0.15, -0.1) is 0 Å². The van der Waals surface area contributed by atoms with E-state index in [0.717, 1.165) is 6.20 Å². The molecule has 1 heterocycles. The van der Waals surface area contributed by atoms with Gasteiger partial charge in [0, 0.05) is 0 Å². The normalized spacial score (nSPS) is 10.8. The van der Waals surface area contributed by atoms with Crippen molar-refractivity contribution in [3.63, 3.8) is 0 Å². The number of nitrogens with two attached hydrogens (primary N) is 1. The topological polar surface area (TPSA) is 38.9 Å². The highest BCUT2D eigenvalue weighted by molar-refractivity contribution is 14.1. The van der Waals surface area contributed by atoms with Gasteiger partial charge in [-0.05, 0) is 22.6 Å². The highest BCUT2D eigenvalue weighted by atomic mass is 127. The monoisotopic (exact) mass is 288 g/mol.